The van der Waals surface area contributed by atoms with E-state index < -0.39 is 13.8 Å². The van der Waals surface area contributed by atoms with Crippen LogP contribution in [0.2, 0.25) is 0 Å². The molecule has 13 heteroatoms. The number of fused-ring (bicyclic) bond motifs is 1. The van der Waals surface area contributed by atoms with Crippen molar-refractivity contribution in [2.75, 3.05) is 5.73 Å². The summed E-state index contributed by atoms with van der Waals surface area (Å²) in [5, 5.41) is 8.34. The minimum Gasteiger partial charge on any atom is -0.478 e. The summed E-state index contributed by atoms with van der Waals surface area (Å²) in [5.41, 5.74) is 7.00. The van der Waals surface area contributed by atoms with Crippen LogP contribution in [0.1, 0.15) is 10.4 Å². The number of hydrogen-bond acceptors (Lipinski definition) is 7. The smallest absolute Gasteiger partial charge is 0.466 e. The van der Waals surface area contributed by atoms with Crippen molar-refractivity contribution >= 4 is 30.8 Å². The lowest BCUT2D eigenvalue weighted by Crippen LogP contribution is -1.94. The van der Waals surface area contributed by atoms with E-state index in [1.807, 2.05) is 0 Å². The van der Waals surface area contributed by atoms with E-state index in [9.17, 15) is 4.79 Å². The van der Waals surface area contributed by atoms with Gasteiger partial charge in [0, 0.05) is 12.4 Å². The lowest BCUT2D eigenvalue weighted by Gasteiger charge is -1.89. The zero-order valence-electron chi connectivity index (χ0n) is 11.9. The van der Waals surface area contributed by atoms with Crippen LogP contribution in [0, 0.1) is 0 Å². The van der Waals surface area contributed by atoms with Gasteiger partial charge in [0.15, 0.2) is 11.5 Å². The predicted molar refractivity (Wildman–Crippen MR) is 81.6 cm³/mol. The fourth-order valence-electron chi connectivity index (χ4n) is 1.27. The SMILES string of the molecule is Nc1ncnc2nc[nH]c12.O=C(O)c1cccnc1.O=P(O)(O)O. The number of aromatic nitrogens is 5. The molecule has 0 amide bonds. The Morgan fingerprint density at radius 2 is 1.88 bits per heavy atom. The van der Waals surface area contributed by atoms with E-state index in [0.717, 1.165) is 0 Å². The van der Waals surface area contributed by atoms with Crippen LogP contribution in [0.15, 0.2) is 37.2 Å². The first-order valence-electron chi connectivity index (χ1n) is 5.99. The molecule has 0 fully saturated rings. The van der Waals surface area contributed by atoms with E-state index in [0.29, 0.717) is 17.0 Å². The van der Waals surface area contributed by atoms with Gasteiger partial charge in [-0.25, -0.2) is 24.3 Å². The molecule has 0 atom stereocenters. The number of carboxylic acids is 1. The number of carboxylic acid groups (broad SMARTS) is 1. The molecule has 24 heavy (non-hydrogen) atoms. The van der Waals surface area contributed by atoms with Crippen molar-refractivity contribution in [2.45, 2.75) is 0 Å². The number of carbonyl (C=O) groups is 1. The number of anilines is 1. The second-order valence-corrected chi connectivity index (χ2v) is 4.95. The Balaban J connectivity index is 0.000000192. The molecule has 3 aromatic rings. The topological polar surface area (TPSA) is 208 Å². The average Bonchev–Trinajstić information content (AvgIpc) is 2.97. The largest absolute Gasteiger partial charge is 0.478 e. The van der Waals surface area contributed by atoms with Gasteiger partial charge in [-0.15, -0.1) is 0 Å². The third-order valence-electron chi connectivity index (χ3n) is 2.16. The van der Waals surface area contributed by atoms with Crippen molar-refractivity contribution in [3.8, 4) is 0 Å². The molecule has 128 valence electrons. The number of nitrogens with two attached hydrogens (primary N) is 1. The number of nitrogen functional groups attached to an aromatic ring is 1. The van der Waals surface area contributed by atoms with Gasteiger partial charge in [-0.1, -0.05) is 0 Å². The number of aromatic amines is 1. The fraction of sp³-hybridized carbons (Fsp3) is 0. The van der Waals surface area contributed by atoms with Crippen molar-refractivity contribution in [1.29, 1.82) is 0 Å². The van der Waals surface area contributed by atoms with Gasteiger partial charge in [0.1, 0.15) is 11.8 Å². The Bertz CT molecular complexity index is 827. The molecule has 0 aliphatic carbocycles. The first-order chi connectivity index (χ1) is 11.2. The highest BCUT2D eigenvalue weighted by atomic mass is 31.2. The average molecular weight is 356 g/mol. The minimum absolute atomic E-state index is 0.220. The number of rotatable bonds is 1. The maximum Gasteiger partial charge on any atom is 0.466 e. The van der Waals surface area contributed by atoms with Crippen molar-refractivity contribution in [3.05, 3.63) is 42.7 Å². The molecule has 0 saturated carbocycles. The van der Waals surface area contributed by atoms with Gasteiger partial charge in [0.2, 0.25) is 0 Å². The first-order valence-corrected chi connectivity index (χ1v) is 7.56. The van der Waals surface area contributed by atoms with Crippen LogP contribution in [0.5, 0.6) is 0 Å². The number of hydrogen-bond donors (Lipinski definition) is 6. The van der Waals surface area contributed by atoms with E-state index in [1.165, 1.54) is 31.1 Å². The lowest BCUT2D eigenvalue weighted by atomic mass is 10.3. The number of H-pyrrole nitrogens is 1. The monoisotopic (exact) mass is 356 g/mol. The van der Waals surface area contributed by atoms with Gasteiger partial charge in [-0.2, -0.15) is 0 Å². The molecule has 0 aromatic carbocycles. The first kappa shape index (κ1) is 19.1. The van der Waals surface area contributed by atoms with Gasteiger partial charge in [0.05, 0.1) is 11.9 Å². The molecule has 12 nitrogen and oxygen atoms in total. The Kier molecular flexibility index (Phi) is 6.89. The van der Waals surface area contributed by atoms with Crippen LogP contribution in [-0.2, 0) is 4.57 Å². The molecule has 0 radical (unpaired) electrons. The third-order valence-corrected chi connectivity index (χ3v) is 2.16. The quantitative estimate of drug-likeness (QED) is 0.314. The maximum absolute atomic E-state index is 10.2. The molecule has 0 saturated heterocycles. The number of nitrogens with one attached hydrogen (secondary N) is 1. The summed E-state index contributed by atoms with van der Waals surface area (Å²) in [5.74, 6) is -0.509. The third kappa shape index (κ3) is 7.38. The van der Waals surface area contributed by atoms with E-state index in [2.05, 4.69) is 24.9 Å². The number of nitrogens with zero attached hydrogens (tertiary/aromatic N) is 4. The summed E-state index contributed by atoms with van der Waals surface area (Å²) in [7, 11) is -4.64. The molecule has 3 aromatic heterocycles. The predicted octanol–water partition coefficient (Wildman–Crippen LogP) is -0.214. The number of phosphoric acid groups is 1. The van der Waals surface area contributed by atoms with Crippen LogP contribution < -0.4 is 5.73 Å². The minimum atomic E-state index is -4.64. The van der Waals surface area contributed by atoms with Crippen molar-refractivity contribution in [2.24, 2.45) is 0 Å². The highest BCUT2D eigenvalue weighted by Gasteiger charge is 2.00. The van der Waals surface area contributed by atoms with Gasteiger partial charge in [-0.05, 0) is 12.1 Å². The van der Waals surface area contributed by atoms with Crippen LogP contribution in [0.3, 0.4) is 0 Å². The molecule has 0 spiro atoms. The molecular weight excluding hydrogens is 343 g/mol. The zero-order valence-corrected chi connectivity index (χ0v) is 12.8. The van der Waals surface area contributed by atoms with Crippen LogP contribution in [-0.4, -0.2) is 50.7 Å². The molecule has 3 rings (SSSR count). The molecule has 0 unspecified atom stereocenters. The number of imidazole rings is 1. The van der Waals surface area contributed by atoms with Crippen LogP contribution >= 0.6 is 7.82 Å². The second-order valence-electron chi connectivity index (χ2n) is 3.92. The highest BCUT2D eigenvalue weighted by molar-refractivity contribution is 7.45. The summed E-state index contributed by atoms with van der Waals surface area (Å²) >= 11 is 0. The van der Waals surface area contributed by atoms with E-state index >= 15 is 0 Å². The standard InChI is InChI=1S/C6H5NO2.C5H5N5.H3O4P/c8-6(9)5-2-1-3-7-4-5;6-4-3-5(9-1-7-3)10-2-8-4;1-5(2,3)4/h1-4H,(H,8,9);1-2H,(H3,6,7,8,9,10);(H3,1,2,3,4). The summed E-state index contributed by atoms with van der Waals surface area (Å²) in [6.45, 7) is 0. The molecule has 0 aliphatic rings. The van der Waals surface area contributed by atoms with Gasteiger partial charge in [0.25, 0.3) is 0 Å². The summed E-state index contributed by atoms with van der Waals surface area (Å²) in [6, 6.07) is 3.08. The van der Waals surface area contributed by atoms with Crippen LogP contribution in [0.4, 0.5) is 5.82 Å². The molecular formula is C11H13N6O6P. The Morgan fingerprint density at radius 1 is 1.21 bits per heavy atom. The fourth-order valence-corrected chi connectivity index (χ4v) is 1.27. The second kappa shape index (κ2) is 8.64. The molecule has 7 N–H and O–H groups in total. The zero-order chi connectivity index (χ0) is 18.2. The molecule has 3 heterocycles. The van der Waals surface area contributed by atoms with E-state index in [4.69, 9.17) is 30.1 Å². The van der Waals surface area contributed by atoms with Gasteiger partial charge < -0.3 is 30.5 Å². The van der Waals surface area contributed by atoms with E-state index in [1.54, 1.807) is 6.07 Å². The van der Waals surface area contributed by atoms with Gasteiger partial charge >= 0.3 is 13.8 Å². The summed E-state index contributed by atoms with van der Waals surface area (Å²) in [6.07, 6.45) is 5.77. The van der Waals surface area contributed by atoms with Crippen molar-refractivity contribution in [1.82, 2.24) is 24.9 Å². The lowest BCUT2D eigenvalue weighted by molar-refractivity contribution is 0.0696. The summed E-state index contributed by atoms with van der Waals surface area (Å²) < 4.78 is 8.88. The molecule has 0 aliphatic heterocycles. The number of pyridine rings is 1. The van der Waals surface area contributed by atoms with Gasteiger partial charge in [-0.3, -0.25) is 4.98 Å². The Morgan fingerprint density at radius 3 is 2.33 bits per heavy atom. The van der Waals surface area contributed by atoms with E-state index in [-0.39, 0.29) is 5.56 Å². The normalized spacial score (nSPS) is 10.1. The van der Waals surface area contributed by atoms with Crippen molar-refractivity contribution < 1.29 is 29.1 Å². The highest BCUT2D eigenvalue weighted by Crippen LogP contribution is 2.25. The Hall–Kier alpha value is -2.92. The number of aromatic carboxylic acids is 1. The molecule has 0 bridgehead atoms. The maximum atomic E-state index is 10.2. The summed E-state index contributed by atoms with van der Waals surface area (Å²) in [4.78, 5) is 49.7. The van der Waals surface area contributed by atoms with Crippen molar-refractivity contribution in [3.63, 3.8) is 0 Å². The Labute approximate surface area is 134 Å². The van der Waals surface area contributed by atoms with Crippen LogP contribution in [0.25, 0.3) is 11.2 Å².